The van der Waals surface area contributed by atoms with Crippen LogP contribution in [0.15, 0.2) is 124 Å². The Bertz CT molecular complexity index is 1860. The van der Waals surface area contributed by atoms with Crippen molar-refractivity contribution in [3.63, 3.8) is 0 Å². The molecule has 0 bridgehead atoms. The van der Waals surface area contributed by atoms with Gasteiger partial charge in [-0.05, 0) is 84.0 Å². The largest absolute Gasteiger partial charge is 0.456 e. The van der Waals surface area contributed by atoms with Gasteiger partial charge in [-0.25, -0.2) is 0 Å². The van der Waals surface area contributed by atoms with Crippen molar-refractivity contribution in [1.29, 1.82) is 0 Å². The lowest BCUT2D eigenvalue weighted by molar-refractivity contribution is 0.669. The summed E-state index contributed by atoms with van der Waals surface area (Å²) in [7, 11) is 0. The molecule has 0 amide bonds. The molecule has 0 saturated heterocycles. The second-order valence-corrected chi connectivity index (χ2v) is 9.46. The highest BCUT2D eigenvalue weighted by Crippen LogP contribution is 2.43. The number of rotatable bonds is 2. The molecule has 7 aromatic rings. The summed E-state index contributed by atoms with van der Waals surface area (Å²) in [6.07, 6.45) is 0. The first-order valence-electron chi connectivity index (χ1n) is 11.4. The summed E-state index contributed by atoms with van der Waals surface area (Å²) in [5, 5.41) is 7.24. The number of furan rings is 1. The van der Waals surface area contributed by atoms with E-state index in [0.717, 1.165) is 26.4 Å². The van der Waals surface area contributed by atoms with Crippen LogP contribution in [-0.2, 0) is 0 Å². The van der Waals surface area contributed by atoms with E-state index in [1.165, 1.54) is 43.8 Å². The average molecular weight is 499 g/mol. The summed E-state index contributed by atoms with van der Waals surface area (Å²) in [5.41, 5.74) is 6.72. The molecule has 1 aromatic heterocycles. The number of para-hydroxylation sites is 1. The molecule has 0 radical (unpaired) electrons. The van der Waals surface area contributed by atoms with Gasteiger partial charge in [0.2, 0.25) is 0 Å². The van der Waals surface area contributed by atoms with Gasteiger partial charge in [-0.3, -0.25) is 0 Å². The monoisotopic (exact) mass is 498 g/mol. The van der Waals surface area contributed by atoms with E-state index in [1.807, 2.05) is 12.1 Å². The van der Waals surface area contributed by atoms with E-state index in [2.05, 4.69) is 119 Å². The summed E-state index contributed by atoms with van der Waals surface area (Å²) >= 11 is 3.91. The normalized spacial score (nSPS) is 11.7. The molecule has 0 spiro atoms. The number of hydrogen-bond donors (Lipinski definition) is 0. The second kappa shape index (κ2) is 7.58. The molecule has 0 unspecified atom stereocenters. The lowest BCUT2D eigenvalue weighted by Gasteiger charge is -2.15. The molecule has 0 N–H and O–H groups in total. The lowest BCUT2D eigenvalue weighted by atomic mass is 9.90. The Morgan fingerprint density at radius 3 is 1.82 bits per heavy atom. The van der Waals surface area contributed by atoms with Crippen LogP contribution in [0.1, 0.15) is 0 Å². The van der Waals surface area contributed by atoms with Crippen molar-refractivity contribution in [1.82, 2.24) is 0 Å². The third-order valence-corrected chi connectivity index (χ3v) is 7.59. The molecule has 0 aliphatic carbocycles. The van der Waals surface area contributed by atoms with Crippen molar-refractivity contribution in [3.8, 4) is 22.3 Å². The molecule has 0 fully saturated rings. The molecule has 0 aliphatic heterocycles. The van der Waals surface area contributed by atoms with Crippen LogP contribution in [0.2, 0.25) is 0 Å². The fourth-order valence-corrected chi connectivity index (χ4v) is 5.82. The highest BCUT2D eigenvalue weighted by molar-refractivity contribution is 9.10. The second-order valence-electron chi connectivity index (χ2n) is 8.67. The van der Waals surface area contributed by atoms with Crippen molar-refractivity contribution in [2.24, 2.45) is 0 Å². The zero-order valence-electron chi connectivity index (χ0n) is 18.3. The van der Waals surface area contributed by atoms with Crippen molar-refractivity contribution in [3.05, 3.63) is 120 Å². The average Bonchev–Trinajstić information content (AvgIpc) is 3.27. The summed E-state index contributed by atoms with van der Waals surface area (Å²) in [4.78, 5) is 0. The Kier molecular flexibility index (Phi) is 4.36. The van der Waals surface area contributed by atoms with E-state index in [0.29, 0.717) is 0 Å². The van der Waals surface area contributed by atoms with Gasteiger partial charge in [0, 0.05) is 15.2 Å². The van der Waals surface area contributed by atoms with Crippen molar-refractivity contribution >= 4 is 59.4 Å². The van der Waals surface area contributed by atoms with E-state index in [1.54, 1.807) is 0 Å². The molecule has 160 valence electrons. The van der Waals surface area contributed by atoms with Crippen LogP contribution in [0.5, 0.6) is 0 Å². The zero-order valence-corrected chi connectivity index (χ0v) is 19.8. The van der Waals surface area contributed by atoms with Crippen LogP contribution in [0.4, 0.5) is 0 Å². The van der Waals surface area contributed by atoms with Crippen LogP contribution >= 0.6 is 15.9 Å². The molecule has 2 heteroatoms. The molecule has 1 nitrogen and oxygen atoms in total. The molecule has 0 aliphatic rings. The number of benzene rings is 6. The van der Waals surface area contributed by atoms with E-state index in [4.69, 9.17) is 4.42 Å². The van der Waals surface area contributed by atoms with Gasteiger partial charge in [-0.1, -0.05) is 91.0 Å². The van der Waals surface area contributed by atoms with Crippen molar-refractivity contribution in [2.45, 2.75) is 0 Å². The van der Waals surface area contributed by atoms with E-state index in [-0.39, 0.29) is 0 Å². The van der Waals surface area contributed by atoms with Crippen LogP contribution in [0.25, 0.3) is 65.7 Å². The van der Waals surface area contributed by atoms with Gasteiger partial charge in [0.05, 0.1) is 0 Å². The first-order chi connectivity index (χ1) is 16.8. The summed E-state index contributed by atoms with van der Waals surface area (Å²) in [6, 6.07) is 40.9. The van der Waals surface area contributed by atoms with Crippen molar-refractivity contribution < 1.29 is 4.42 Å². The van der Waals surface area contributed by atoms with Crippen LogP contribution < -0.4 is 0 Å². The summed E-state index contributed by atoms with van der Waals surface area (Å²) in [6.45, 7) is 0. The standard InChI is InChI=1S/C32H19BrO/c33-32-25-12-5-4-11-24(25)31(20-8-2-1-3-9-20)28-19-21(14-16-26(28)32)22-15-17-30-27(18-22)23-10-6-7-13-29(23)34-30/h1-19H. The molecule has 0 atom stereocenters. The minimum Gasteiger partial charge on any atom is -0.456 e. The van der Waals surface area contributed by atoms with Gasteiger partial charge in [0.15, 0.2) is 0 Å². The minimum atomic E-state index is 0.921. The van der Waals surface area contributed by atoms with E-state index >= 15 is 0 Å². The highest BCUT2D eigenvalue weighted by Gasteiger charge is 2.15. The van der Waals surface area contributed by atoms with Crippen LogP contribution in [0.3, 0.4) is 0 Å². The van der Waals surface area contributed by atoms with Gasteiger partial charge < -0.3 is 4.42 Å². The fourth-order valence-electron chi connectivity index (χ4n) is 5.13. The van der Waals surface area contributed by atoms with Crippen molar-refractivity contribution in [2.75, 3.05) is 0 Å². The third-order valence-electron chi connectivity index (χ3n) is 6.73. The topological polar surface area (TPSA) is 13.1 Å². The Morgan fingerprint density at radius 1 is 0.412 bits per heavy atom. The molecule has 0 saturated carbocycles. The maximum absolute atomic E-state index is 6.05. The van der Waals surface area contributed by atoms with E-state index in [9.17, 15) is 0 Å². The molecule has 34 heavy (non-hydrogen) atoms. The molecular formula is C32H19BrO. The number of halogens is 1. The van der Waals surface area contributed by atoms with Gasteiger partial charge in [0.25, 0.3) is 0 Å². The zero-order chi connectivity index (χ0) is 22.6. The fraction of sp³-hybridized carbons (Fsp3) is 0. The van der Waals surface area contributed by atoms with Gasteiger partial charge in [-0.2, -0.15) is 0 Å². The molecule has 7 rings (SSSR count). The predicted octanol–water partition coefficient (Wildman–Crippen LogP) is 9.99. The minimum absolute atomic E-state index is 0.921. The SMILES string of the molecule is Brc1c2ccccc2c(-c2ccccc2)c2cc(-c3ccc4oc5ccccc5c4c3)ccc12. The Hall–Kier alpha value is -3.88. The smallest absolute Gasteiger partial charge is 0.135 e. The molecular weight excluding hydrogens is 480 g/mol. The maximum atomic E-state index is 6.05. The predicted molar refractivity (Wildman–Crippen MR) is 147 cm³/mol. The summed E-state index contributed by atoms with van der Waals surface area (Å²) in [5.74, 6) is 0. The Labute approximate surface area is 205 Å². The Morgan fingerprint density at radius 2 is 1.00 bits per heavy atom. The van der Waals surface area contributed by atoms with E-state index < -0.39 is 0 Å². The summed E-state index contributed by atoms with van der Waals surface area (Å²) < 4.78 is 7.19. The number of hydrogen-bond acceptors (Lipinski definition) is 1. The van der Waals surface area contributed by atoms with Gasteiger partial charge in [-0.15, -0.1) is 0 Å². The lowest BCUT2D eigenvalue weighted by Crippen LogP contribution is -1.88. The van der Waals surface area contributed by atoms with Gasteiger partial charge in [0.1, 0.15) is 11.2 Å². The van der Waals surface area contributed by atoms with Crippen LogP contribution in [-0.4, -0.2) is 0 Å². The third kappa shape index (κ3) is 2.92. The van der Waals surface area contributed by atoms with Gasteiger partial charge >= 0.3 is 0 Å². The number of fused-ring (bicyclic) bond motifs is 5. The van der Waals surface area contributed by atoms with Crippen LogP contribution in [0, 0.1) is 0 Å². The maximum Gasteiger partial charge on any atom is 0.135 e. The quantitative estimate of drug-likeness (QED) is 0.216. The molecule has 6 aromatic carbocycles. The Balaban J connectivity index is 1.54. The highest BCUT2D eigenvalue weighted by atomic mass is 79.9. The molecule has 1 heterocycles. The first kappa shape index (κ1) is 19.6. The first-order valence-corrected chi connectivity index (χ1v) is 12.2.